The standard InChI is InChI=1S/C22H30O4/c1-14-15(11-22(5,6)13-25-21(2,3)4)12-24-19-16-9-7-8-10-17(16)26-20(23)18(14)19/h7-10,14-15H,11-13H2,1-6H3. The van der Waals surface area contributed by atoms with Crippen molar-refractivity contribution < 1.29 is 13.9 Å². The first kappa shape index (κ1) is 19.0. The van der Waals surface area contributed by atoms with E-state index in [-0.39, 0.29) is 28.5 Å². The molecule has 26 heavy (non-hydrogen) atoms. The third-order valence-electron chi connectivity index (χ3n) is 5.11. The summed E-state index contributed by atoms with van der Waals surface area (Å²) in [4.78, 5) is 12.6. The summed E-state index contributed by atoms with van der Waals surface area (Å²) in [5, 5.41) is 0.878. The van der Waals surface area contributed by atoms with Gasteiger partial charge in [0.1, 0.15) is 11.3 Å². The molecule has 2 heterocycles. The molecule has 142 valence electrons. The van der Waals surface area contributed by atoms with E-state index in [1.165, 1.54) is 0 Å². The van der Waals surface area contributed by atoms with Crippen LogP contribution in [0.1, 0.15) is 59.4 Å². The second-order valence-electron chi connectivity index (χ2n) is 9.26. The minimum Gasteiger partial charge on any atom is -0.492 e. The first-order valence-electron chi connectivity index (χ1n) is 9.40. The number of ether oxygens (including phenoxy) is 2. The Balaban J connectivity index is 1.85. The lowest BCUT2D eigenvalue weighted by atomic mass is 9.75. The third-order valence-corrected chi connectivity index (χ3v) is 5.11. The van der Waals surface area contributed by atoms with E-state index in [9.17, 15) is 4.79 Å². The van der Waals surface area contributed by atoms with Crippen LogP contribution in [-0.4, -0.2) is 18.8 Å². The minimum absolute atomic E-state index is 0.00408. The topological polar surface area (TPSA) is 48.7 Å². The van der Waals surface area contributed by atoms with E-state index < -0.39 is 0 Å². The Morgan fingerprint density at radius 3 is 2.54 bits per heavy atom. The highest BCUT2D eigenvalue weighted by Gasteiger charge is 2.36. The second-order valence-corrected chi connectivity index (χ2v) is 9.26. The number of hydrogen-bond acceptors (Lipinski definition) is 4. The van der Waals surface area contributed by atoms with Crippen LogP contribution in [0.3, 0.4) is 0 Å². The lowest BCUT2D eigenvalue weighted by Crippen LogP contribution is -2.35. The number of fused-ring (bicyclic) bond motifs is 3. The van der Waals surface area contributed by atoms with Crippen molar-refractivity contribution in [2.24, 2.45) is 11.3 Å². The van der Waals surface area contributed by atoms with E-state index in [4.69, 9.17) is 13.9 Å². The zero-order chi connectivity index (χ0) is 19.1. The maximum absolute atomic E-state index is 12.6. The SMILES string of the molecule is CC1c2c(c3ccccc3oc2=O)OCC1CC(C)(C)COC(C)(C)C. The van der Waals surface area contributed by atoms with Crippen LogP contribution in [0.25, 0.3) is 11.0 Å². The van der Waals surface area contributed by atoms with Crippen LogP contribution < -0.4 is 10.4 Å². The maximum atomic E-state index is 12.6. The monoisotopic (exact) mass is 358 g/mol. The Morgan fingerprint density at radius 2 is 1.85 bits per heavy atom. The van der Waals surface area contributed by atoms with Crippen molar-refractivity contribution in [3.8, 4) is 5.75 Å². The summed E-state index contributed by atoms with van der Waals surface area (Å²) in [5.74, 6) is 1.04. The van der Waals surface area contributed by atoms with E-state index >= 15 is 0 Å². The summed E-state index contributed by atoms with van der Waals surface area (Å²) < 4.78 is 17.6. The quantitative estimate of drug-likeness (QED) is 0.710. The van der Waals surface area contributed by atoms with Crippen LogP contribution in [0, 0.1) is 11.3 Å². The van der Waals surface area contributed by atoms with Gasteiger partial charge in [0, 0.05) is 5.92 Å². The molecule has 1 aliphatic heterocycles. The van der Waals surface area contributed by atoms with Gasteiger partial charge in [-0.25, -0.2) is 4.79 Å². The highest BCUT2D eigenvalue weighted by atomic mass is 16.5. The fraction of sp³-hybridized carbons (Fsp3) is 0.591. The van der Waals surface area contributed by atoms with Gasteiger partial charge in [0.15, 0.2) is 0 Å². The zero-order valence-electron chi connectivity index (χ0n) is 16.7. The predicted molar refractivity (Wildman–Crippen MR) is 104 cm³/mol. The van der Waals surface area contributed by atoms with Gasteiger partial charge in [0.05, 0.1) is 29.8 Å². The van der Waals surface area contributed by atoms with Crippen LogP contribution in [0.15, 0.2) is 33.5 Å². The molecule has 0 N–H and O–H groups in total. The van der Waals surface area contributed by atoms with Crippen LogP contribution in [0.4, 0.5) is 0 Å². The molecular weight excluding hydrogens is 328 g/mol. The average molecular weight is 358 g/mol. The van der Waals surface area contributed by atoms with E-state index in [0.717, 1.165) is 11.8 Å². The third kappa shape index (κ3) is 3.96. The summed E-state index contributed by atoms with van der Waals surface area (Å²) >= 11 is 0. The first-order chi connectivity index (χ1) is 12.1. The predicted octanol–water partition coefficient (Wildman–Crippen LogP) is 5.14. The van der Waals surface area contributed by atoms with Crippen LogP contribution in [-0.2, 0) is 4.74 Å². The number of benzene rings is 1. The average Bonchev–Trinajstić information content (AvgIpc) is 2.55. The molecule has 4 heteroatoms. The van der Waals surface area contributed by atoms with Crippen LogP contribution in [0.2, 0.25) is 0 Å². The second kappa shape index (κ2) is 6.73. The van der Waals surface area contributed by atoms with Crippen LogP contribution in [0.5, 0.6) is 5.75 Å². The fourth-order valence-electron chi connectivity index (χ4n) is 3.67. The summed E-state index contributed by atoms with van der Waals surface area (Å²) in [7, 11) is 0. The minimum atomic E-state index is -0.278. The molecule has 3 rings (SSSR count). The molecule has 1 aromatic carbocycles. The van der Waals surface area contributed by atoms with Crippen molar-refractivity contribution >= 4 is 11.0 Å². The molecule has 0 spiro atoms. The van der Waals surface area contributed by atoms with Crippen molar-refractivity contribution in [2.45, 2.75) is 59.5 Å². The van der Waals surface area contributed by atoms with Gasteiger partial charge < -0.3 is 13.9 Å². The van der Waals surface area contributed by atoms with Gasteiger partial charge in [-0.1, -0.05) is 32.9 Å². The highest BCUT2D eigenvalue weighted by Crippen LogP contribution is 2.43. The molecule has 0 saturated carbocycles. The fourth-order valence-corrected chi connectivity index (χ4v) is 3.67. The highest BCUT2D eigenvalue weighted by molar-refractivity contribution is 5.84. The van der Waals surface area contributed by atoms with Gasteiger partial charge in [-0.2, -0.15) is 0 Å². The molecule has 4 nitrogen and oxygen atoms in total. The molecule has 1 aliphatic rings. The summed E-state index contributed by atoms with van der Waals surface area (Å²) in [6, 6.07) is 7.56. The smallest absolute Gasteiger partial charge is 0.343 e. The molecular formula is C22H30O4. The molecule has 0 saturated heterocycles. The van der Waals surface area contributed by atoms with Crippen LogP contribution >= 0.6 is 0 Å². The molecule has 1 aromatic heterocycles. The Kier molecular flexibility index (Phi) is 4.91. The lowest BCUT2D eigenvalue weighted by Gasteiger charge is -2.37. The Bertz CT molecular complexity index is 841. The molecule has 0 radical (unpaired) electrons. The molecule has 0 amide bonds. The van der Waals surface area contributed by atoms with Crippen molar-refractivity contribution in [2.75, 3.05) is 13.2 Å². The Labute approximate surface area is 155 Å². The summed E-state index contributed by atoms with van der Waals surface area (Å²) in [5.41, 5.74) is 0.829. The zero-order valence-corrected chi connectivity index (χ0v) is 16.7. The lowest BCUT2D eigenvalue weighted by molar-refractivity contribution is -0.0514. The number of para-hydroxylation sites is 1. The molecule has 2 unspecified atom stereocenters. The van der Waals surface area contributed by atoms with Crippen molar-refractivity contribution in [1.82, 2.24) is 0 Å². The van der Waals surface area contributed by atoms with Gasteiger partial charge in [-0.3, -0.25) is 0 Å². The van der Waals surface area contributed by atoms with Gasteiger partial charge in [-0.05, 0) is 50.7 Å². The van der Waals surface area contributed by atoms with Crippen molar-refractivity contribution in [1.29, 1.82) is 0 Å². The van der Waals surface area contributed by atoms with E-state index in [1.807, 2.05) is 24.3 Å². The van der Waals surface area contributed by atoms with Gasteiger partial charge in [0.2, 0.25) is 0 Å². The van der Waals surface area contributed by atoms with Crippen molar-refractivity contribution in [3.63, 3.8) is 0 Å². The molecule has 0 aliphatic carbocycles. The van der Waals surface area contributed by atoms with Gasteiger partial charge in [0.25, 0.3) is 0 Å². The Hall–Kier alpha value is -1.81. The van der Waals surface area contributed by atoms with E-state index in [2.05, 4.69) is 41.5 Å². The first-order valence-corrected chi connectivity index (χ1v) is 9.40. The molecule has 2 aromatic rings. The normalized spacial score (nSPS) is 20.7. The van der Waals surface area contributed by atoms with Gasteiger partial charge in [-0.15, -0.1) is 0 Å². The number of rotatable bonds is 4. The van der Waals surface area contributed by atoms with Crippen molar-refractivity contribution in [3.05, 3.63) is 40.2 Å². The Morgan fingerprint density at radius 1 is 1.15 bits per heavy atom. The van der Waals surface area contributed by atoms with E-state index in [0.29, 0.717) is 30.1 Å². The van der Waals surface area contributed by atoms with Gasteiger partial charge >= 0.3 is 5.63 Å². The summed E-state index contributed by atoms with van der Waals surface area (Å²) in [6.45, 7) is 14.0. The number of hydrogen-bond donors (Lipinski definition) is 0. The maximum Gasteiger partial charge on any atom is 0.343 e. The molecule has 0 fully saturated rings. The molecule has 2 atom stereocenters. The van der Waals surface area contributed by atoms with E-state index in [1.54, 1.807) is 0 Å². The molecule has 0 bridgehead atoms. The summed E-state index contributed by atoms with van der Waals surface area (Å²) in [6.07, 6.45) is 0.927. The largest absolute Gasteiger partial charge is 0.492 e.